The fourth-order valence-corrected chi connectivity index (χ4v) is 2.73. The highest BCUT2D eigenvalue weighted by molar-refractivity contribution is 6.38. The molecule has 6 nitrogen and oxygen atoms in total. The summed E-state index contributed by atoms with van der Waals surface area (Å²) in [6.45, 7) is 0. The van der Waals surface area contributed by atoms with E-state index in [1.54, 1.807) is 59.6 Å². The molecule has 0 fully saturated rings. The van der Waals surface area contributed by atoms with Gasteiger partial charge in [-0.2, -0.15) is 4.68 Å². The molecule has 0 saturated carbocycles. The van der Waals surface area contributed by atoms with Gasteiger partial charge in [-0.05, 0) is 46.8 Å². The summed E-state index contributed by atoms with van der Waals surface area (Å²) in [5, 5.41) is 12.8. The molecule has 0 unspecified atom stereocenters. The maximum Gasteiger partial charge on any atom is 0.199 e. The third-order valence-corrected chi connectivity index (χ3v) is 4.11. The average molecular weight is 388 g/mol. The highest BCUT2D eigenvalue weighted by Gasteiger charge is 2.23. The highest BCUT2D eigenvalue weighted by atomic mass is 35.5. The third kappa shape index (κ3) is 3.76. The van der Waals surface area contributed by atoms with Gasteiger partial charge in [0.2, 0.25) is 0 Å². The molecule has 3 aromatic rings. The van der Waals surface area contributed by atoms with Crippen LogP contribution in [0.2, 0.25) is 10.0 Å². The van der Waals surface area contributed by atoms with Gasteiger partial charge < -0.3 is 4.90 Å². The van der Waals surface area contributed by atoms with E-state index in [2.05, 4.69) is 15.5 Å². The van der Waals surface area contributed by atoms with Gasteiger partial charge in [0.1, 0.15) is 0 Å². The van der Waals surface area contributed by atoms with Crippen LogP contribution in [-0.4, -0.2) is 45.0 Å². The van der Waals surface area contributed by atoms with Gasteiger partial charge in [-0.1, -0.05) is 35.3 Å². The number of aromatic nitrogens is 4. The van der Waals surface area contributed by atoms with Gasteiger partial charge >= 0.3 is 0 Å². The van der Waals surface area contributed by atoms with Crippen LogP contribution in [0.15, 0.2) is 54.7 Å². The van der Waals surface area contributed by atoms with E-state index in [9.17, 15) is 4.79 Å². The molecule has 0 spiro atoms. The molecule has 0 aliphatic carbocycles. The summed E-state index contributed by atoms with van der Waals surface area (Å²) in [4.78, 5) is 14.9. The number of carbonyl (C=O) groups excluding carboxylic acids is 1. The molecule has 0 bridgehead atoms. The van der Waals surface area contributed by atoms with Gasteiger partial charge in [0, 0.05) is 30.9 Å². The van der Waals surface area contributed by atoms with Crippen LogP contribution in [0, 0.1) is 0 Å². The summed E-state index contributed by atoms with van der Waals surface area (Å²) in [6.07, 6.45) is 1.67. The number of allylic oxidation sites excluding steroid dienone is 1. The molecule has 0 N–H and O–H groups in total. The van der Waals surface area contributed by atoms with Crippen molar-refractivity contribution in [3.8, 4) is 5.69 Å². The van der Waals surface area contributed by atoms with E-state index >= 15 is 0 Å². The van der Waals surface area contributed by atoms with Crippen molar-refractivity contribution in [2.75, 3.05) is 14.1 Å². The van der Waals surface area contributed by atoms with Crippen molar-refractivity contribution < 1.29 is 4.79 Å². The molecule has 0 atom stereocenters. The van der Waals surface area contributed by atoms with Crippen LogP contribution in [0.3, 0.4) is 0 Å². The van der Waals surface area contributed by atoms with Crippen LogP contribution in [-0.2, 0) is 0 Å². The summed E-state index contributed by atoms with van der Waals surface area (Å²) < 4.78 is 1.49. The molecule has 0 radical (unpaired) electrons. The normalized spacial score (nSPS) is 11.5. The first-order valence-electron chi connectivity index (χ1n) is 7.69. The number of hydrogen-bond donors (Lipinski definition) is 0. The second kappa shape index (κ2) is 7.68. The molecule has 0 aliphatic rings. The second-order valence-electron chi connectivity index (χ2n) is 5.71. The van der Waals surface area contributed by atoms with E-state index in [-0.39, 0.29) is 5.78 Å². The molecule has 8 heteroatoms. The van der Waals surface area contributed by atoms with Gasteiger partial charge in [-0.25, -0.2) is 0 Å². The van der Waals surface area contributed by atoms with Crippen LogP contribution in [0.4, 0.5) is 0 Å². The summed E-state index contributed by atoms with van der Waals surface area (Å²) >= 11 is 12.1. The van der Waals surface area contributed by atoms with Gasteiger partial charge in [-0.15, -0.1) is 5.10 Å². The van der Waals surface area contributed by atoms with E-state index in [1.807, 2.05) is 14.1 Å². The minimum Gasteiger partial charge on any atom is -0.383 e. The van der Waals surface area contributed by atoms with Crippen molar-refractivity contribution in [2.24, 2.45) is 0 Å². The Balaban J connectivity index is 2.11. The van der Waals surface area contributed by atoms with E-state index in [4.69, 9.17) is 23.2 Å². The van der Waals surface area contributed by atoms with Crippen molar-refractivity contribution in [2.45, 2.75) is 0 Å². The fourth-order valence-electron chi connectivity index (χ4n) is 2.38. The zero-order chi connectivity index (χ0) is 18.7. The van der Waals surface area contributed by atoms with Crippen molar-refractivity contribution in [3.05, 3.63) is 76.2 Å². The summed E-state index contributed by atoms with van der Waals surface area (Å²) in [5.74, 6) is 0.0419. The Morgan fingerprint density at radius 2 is 1.77 bits per heavy atom. The molecular formula is C18H15Cl2N5O. The van der Waals surface area contributed by atoms with E-state index < -0.39 is 0 Å². The number of halogens is 2. The minimum absolute atomic E-state index is 0.269. The Labute approximate surface area is 160 Å². The Morgan fingerprint density at radius 3 is 2.42 bits per heavy atom. The largest absolute Gasteiger partial charge is 0.383 e. The third-order valence-electron chi connectivity index (χ3n) is 3.53. The summed E-state index contributed by atoms with van der Waals surface area (Å²) in [5.41, 5.74) is 1.39. The lowest BCUT2D eigenvalue weighted by molar-refractivity contribution is 0.105. The van der Waals surface area contributed by atoms with Crippen LogP contribution < -0.4 is 0 Å². The molecule has 26 heavy (non-hydrogen) atoms. The first kappa shape index (κ1) is 18.1. The first-order chi connectivity index (χ1) is 12.5. The van der Waals surface area contributed by atoms with Gasteiger partial charge in [-0.3, -0.25) is 4.79 Å². The van der Waals surface area contributed by atoms with Crippen molar-refractivity contribution >= 4 is 34.6 Å². The average Bonchev–Trinajstić information content (AvgIpc) is 3.09. The standard InChI is InChI=1S/C18H15Cl2N5O/c1-24(2)11-15(17(26)14-5-3-4-6-16(14)20)18-21-22-23-25(18)13-9-7-12(19)8-10-13/h3-11H,1-2H3/b15-11-. The minimum atomic E-state index is -0.269. The Morgan fingerprint density at radius 1 is 1.08 bits per heavy atom. The molecular weight excluding hydrogens is 373 g/mol. The van der Waals surface area contributed by atoms with Crippen molar-refractivity contribution in [1.29, 1.82) is 0 Å². The summed E-state index contributed by atoms with van der Waals surface area (Å²) in [7, 11) is 3.63. The van der Waals surface area contributed by atoms with Gasteiger partial charge in [0.05, 0.1) is 16.3 Å². The van der Waals surface area contributed by atoms with Crippen molar-refractivity contribution in [1.82, 2.24) is 25.1 Å². The van der Waals surface area contributed by atoms with E-state index in [1.165, 1.54) is 4.68 Å². The predicted molar refractivity (Wildman–Crippen MR) is 102 cm³/mol. The lowest BCUT2D eigenvalue weighted by Crippen LogP contribution is -2.14. The fraction of sp³-hybridized carbons (Fsp3) is 0.111. The lowest BCUT2D eigenvalue weighted by Gasteiger charge is -2.12. The summed E-state index contributed by atoms with van der Waals surface area (Å²) in [6, 6.07) is 13.9. The SMILES string of the molecule is CN(C)/C=C(/C(=O)c1ccccc1Cl)c1nnnn1-c1ccc(Cl)cc1. The van der Waals surface area contributed by atoms with Crippen LogP contribution in [0.5, 0.6) is 0 Å². The molecule has 0 aliphatic heterocycles. The number of nitrogens with zero attached hydrogens (tertiary/aromatic N) is 5. The maximum absolute atomic E-state index is 13.1. The maximum atomic E-state index is 13.1. The van der Waals surface area contributed by atoms with Gasteiger partial charge in [0.15, 0.2) is 11.6 Å². The molecule has 0 amide bonds. The second-order valence-corrected chi connectivity index (χ2v) is 6.55. The Kier molecular flexibility index (Phi) is 5.35. The predicted octanol–water partition coefficient (Wildman–Crippen LogP) is 3.75. The number of Topliss-reactive ketones (excluding diaryl/α,β-unsaturated/α-hetero) is 1. The van der Waals surface area contributed by atoms with Gasteiger partial charge in [0.25, 0.3) is 0 Å². The van der Waals surface area contributed by atoms with E-state index in [0.717, 1.165) is 0 Å². The monoisotopic (exact) mass is 387 g/mol. The number of hydrogen-bond acceptors (Lipinski definition) is 5. The highest BCUT2D eigenvalue weighted by Crippen LogP contribution is 2.25. The van der Waals surface area contributed by atoms with Crippen LogP contribution >= 0.6 is 23.2 Å². The first-order valence-corrected chi connectivity index (χ1v) is 8.45. The molecule has 2 aromatic carbocycles. The number of rotatable bonds is 5. The number of tetrazole rings is 1. The van der Waals surface area contributed by atoms with Crippen LogP contribution in [0.25, 0.3) is 11.3 Å². The quantitative estimate of drug-likeness (QED) is 0.492. The number of carbonyl (C=O) groups is 1. The molecule has 0 saturated heterocycles. The zero-order valence-electron chi connectivity index (χ0n) is 14.1. The number of benzene rings is 2. The Hall–Kier alpha value is -2.70. The van der Waals surface area contributed by atoms with E-state index in [0.29, 0.717) is 32.7 Å². The molecule has 1 aromatic heterocycles. The smallest absolute Gasteiger partial charge is 0.199 e. The molecule has 3 rings (SSSR count). The zero-order valence-corrected chi connectivity index (χ0v) is 15.6. The molecule has 1 heterocycles. The topological polar surface area (TPSA) is 63.9 Å². The van der Waals surface area contributed by atoms with Crippen LogP contribution in [0.1, 0.15) is 16.2 Å². The Bertz CT molecular complexity index is 964. The number of ketones is 1. The molecule has 132 valence electrons. The lowest BCUT2D eigenvalue weighted by atomic mass is 10.0. The van der Waals surface area contributed by atoms with Crippen molar-refractivity contribution in [3.63, 3.8) is 0 Å².